The third-order valence-electron chi connectivity index (χ3n) is 2.72. The molecule has 0 fully saturated rings. The topological polar surface area (TPSA) is 63.6 Å². The highest BCUT2D eigenvalue weighted by Crippen LogP contribution is 2.17. The van der Waals surface area contributed by atoms with Gasteiger partial charge in [0.15, 0.2) is 9.84 Å². The van der Waals surface area contributed by atoms with E-state index < -0.39 is 14.6 Å². The van der Waals surface area contributed by atoms with Crippen LogP contribution in [0.5, 0.6) is 5.75 Å². The first-order valence-corrected chi connectivity index (χ1v) is 7.96. The molecule has 1 aromatic rings. The first kappa shape index (κ1) is 16.5. The van der Waals surface area contributed by atoms with E-state index in [0.29, 0.717) is 5.75 Å². The smallest absolute Gasteiger partial charge is 0.158 e. The molecule has 110 valence electrons. The molecular formula is C15H20O4S. The Bertz CT molecular complexity index is 583. The third kappa shape index (κ3) is 4.87. The minimum Gasteiger partial charge on any atom is -0.493 e. The van der Waals surface area contributed by atoms with Crippen molar-refractivity contribution in [1.29, 1.82) is 0 Å². The monoisotopic (exact) mass is 296 g/mol. The SMILES string of the molecule is CC(C)(C)S(=O)(=O)CCOc1ccc(C#CCO)cc1. The van der Waals surface area contributed by atoms with E-state index in [4.69, 9.17) is 9.84 Å². The lowest BCUT2D eigenvalue weighted by molar-refractivity contribution is 0.339. The van der Waals surface area contributed by atoms with Gasteiger partial charge in [-0.15, -0.1) is 0 Å². The summed E-state index contributed by atoms with van der Waals surface area (Å²) in [6.07, 6.45) is 0. The van der Waals surface area contributed by atoms with Crippen LogP contribution in [-0.4, -0.2) is 37.2 Å². The first-order chi connectivity index (χ1) is 9.26. The molecule has 0 aliphatic carbocycles. The van der Waals surface area contributed by atoms with Gasteiger partial charge in [0.1, 0.15) is 19.0 Å². The van der Waals surface area contributed by atoms with E-state index in [1.807, 2.05) is 0 Å². The first-order valence-electron chi connectivity index (χ1n) is 6.31. The highest BCUT2D eigenvalue weighted by molar-refractivity contribution is 7.92. The Hall–Kier alpha value is -1.51. The number of hydrogen-bond acceptors (Lipinski definition) is 4. The molecule has 0 bridgehead atoms. The van der Waals surface area contributed by atoms with Gasteiger partial charge in [0.2, 0.25) is 0 Å². The van der Waals surface area contributed by atoms with Gasteiger partial charge < -0.3 is 9.84 Å². The normalized spacial score (nSPS) is 11.6. The predicted molar refractivity (Wildman–Crippen MR) is 79.4 cm³/mol. The lowest BCUT2D eigenvalue weighted by Gasteiger charge is -2.19. The molecule has 0 unspecified atom stereocenters. The van der Waals surface area contributed by atoms with Crippen molar-refractivity contribution in [2.75, 3.05) is 19.0 Å². The van der Waals surface area contributed by atoms with Gasteiger partial charge in [-0.25, -0.2) is 8.42 Å². The number of aliphatic hydroxyl groups is 1. The van der Waals surface area contributed by atoms with Gasteiger partial charge in [-0.05, 0) is 45.0 Å². The van der Waals surface area contributed by atoms with E-state index in [2.05, 4.69) is 11.8 Å². The summed E-state index contributed by atoms with van der Waals surface area (Å²) in [6, 6.07) is 6.97. The van der Waals surface area contributed by atoms with E-state index in [1.165, 1.54) is 0 Å². The van der Waals surface area contributed by atoms with Crippen LogP contribution in [0, 0.1) is 11.8 Å². The van der Waals surface area contributed by atoms with Crippen LogP contribution in [0.25, 0.3) is 0 Å². The van der Waals surface area contributed by atoms with Crippen LogP contribution in [-0.2, 0) is 9.84 Å². The molecule has 0 spiro atoms. The molecule has 1 rings (SSSR count). The van der Waals surface area contributed by atoms with Crippen LogP contribution in [0.1, 0.15) is 26.3 Å². The van der Waals surface area contributed by atoms with Crippen molar-refractivity contribution in [1.82, 2.24) is 0 Å². The lowest BCUT2D eigenvalue weighted by Crippen LogP contribution is -2.32. The summed E-state index contributed by atoms with van der Waals surface area (Å²) in [5, 5.41) is 8.59. The van der Waals surface area contributed by atoms with E-state index in [0.717, 1.165) is 5.56 Å². The molecule has 4 nitrogen and oxygen atoms in total. The number of benzene rings is 1. The molecule has 0 aliphatic rings. The summed E-state index contributed by atoms with van der Waals surface area (Å²) in [5.41, 5.74) is 0.772. The number of sulfone groups is 1. The quantitative estimate of drug-likeness (QED) is 0.858. The molecule has 0 amide bonds. The molecule has 1 N–H and O–H groups in total. The van der Waals surface area contributed by atoms with E-state index >= 15 is 0 Å². The van der Waals surface area contributed by atoms with Crippen molar-refractivity contribution in [3.8, 4) is 17.6 Å². The minimum absolute atomic E-state index is 0.0113. The maximum absolute atomic E-state index is 11.9. The van der Waals surface area contributed by atoms with Gasteiger partial charge in [0.05, 0.1) is 10.5 Å². The van der Waals surface area contributed by atoms with Crippen molar-refractivity contribution >= 4 is 9.84 Å². The van der Waals surface area contributed by atoms with Gasteiger partial charge in [-0.1, -0.05) is 11.8 Å². The van der Waals surface area contributed by atoms with Gasteiger partial charge >= 0.3 is 0 Å². The van der Waals surface area contributed by atoms with Crippen molar-refractivity contribution in [2.24, 2.45) is 0 Å². The second kappa shape index (κ2) is 6.78. The highest BCUT2D eigenvalue weighted by Gasteiger charge is 2.28. The molecule has 0 atom stereocenters. The molecule has 1 aromatic carbocycles. The van der Waals surface area contributed by atoms with Crippen molar-refractivity contribution in [3.05, 3.63) is 29.8 Å². The van der Waals surface area contributed by atoms with Crippen LogP contribution in [0.15, 0.2) is 24.3 Å². The van der Waals surface area contributed by atoms with Crippen LogP contribution >= 0.6 is 0 Å². The standard InChI is InChI=1S/C15H20O4S/c1-15(2,3)20(17,18)12-11-19-14-8-6-13(7-9-14)5-4-10-16/h6-9,16H,10-12H2,1-3H3. The minimum atomic E-state index is -3.16. The van der Waals surface area contributed by atoms with Crippen molar-refractivity contribution < 1.29 is 18.3 Å². The Balaban J connectivity index is 2.55. The molecule has 20 heavy (non-hydrogen) atoms. The molecule has 0 heterocycles. The Kier molecular flexibility index (Phi) is 5.61. The Morgan fingerprint density at radius 1 is 1.20 bits per heavy atom. The van der Waals surface area contributed by atoms with Crippen molar-refractivity contribution in [3.63, 3.8) is 0 Å². The Morgan fingerprint density at radius 3 is 2.30 bits per heavy atom. The van der Waals surface area contributed by atoms with Gasteiger partial charge in [0.25, 0.3) is 0 Å². The molecular weight excluding hydrogens is 276 g/mol. The zero-order valence-corrected chi connectivity index (χ0v) is 12.8. The van der Waals surface area contributed by atoms with Gasteiger partial charge in [-0.2, -0.15) is 0 Å². The van der Waals surface area contributed by atoms with Crippen LogP contribution in [0.4, 0.5) is 0 Å². The number of aliphatic hydroxyl groups excluding tert-OH is 1. The average molecular weight is 296 g/mol. The van der Waals surface area contributed by atoms with Crippen molar-refractivity contribution in [2.45, 2.75) is 25.5 Å². The Labute approximate surface area is 120 Å². The largest absolute Gasteiger partial charge is 0.493 e. The lowest BCUT2D eigenvalue weighted by atomic mass is 10.2. The fraction of sp³-hybridized carbons (Fsp3) is 0.467. The number of ether oxygens (including phenoxy) is 1. The van der Waals surface area contributed by atoms with Gasteiger partial charge in [-0.3, -0.25) is 0 Å². The number of hydrogen-bond donors (Lipinski definition) is 1. The maximum Gasteiger partial charge on any atom is 0.158 e. The maximum atomic E-state index is 11.9. The summed E-state index contributed by atoms with van der Waals surface area (Å²) >= 11 is 0. The fourth-order valence-corrected chi connectivity index (χ4v) is 2.27. The molecule has 0 saturated carbocycles. The molecule has 0 aliphatic heterocycles. The van der Waals surface area contributed by atoms with Crippen LogP contribution in [0.2, 0.25) is 0 Å². The predicted octanol–water partition coefficient (Wildman–Crippen LogP) is 1.62. The summed E-state index contributed by atoms with van der Waals surface area (Å²) in [6.45, 7) is 4.98. The summed E-state index contributed by atoms with van der Waals surface area (Å²) in [5.74, 6) is 5.91. The number of rotatable bonds is 4. The van der Waals surface area contributed by atoms with E-state index in [1.54, 1.807) is 45.0 Å². The van der Waals surface area contributed by atoms with Gasteiger partial charge in [0, 0.05) is 5.56 Å². The average Bonchev–Trinajstić information content (AvgIpc) is 2.36. The second-order valence-corrected chi connectivity index (χ2v) is 8.13. The zero-order chi connectivity index (χ0) is 15.2. The van der Waals surface area contributed by atoms with E-state index in [-0.39, 0.29) is 19.0 Å². The molecule has 0 saturated heterocycles. The molecule has 5 heteroatoms. The second-order valence-electron chi connectivity index (χ2n) is 5.26. The third-order valence-corrected chi connectivity index (χ3v) is 5.29. The summed E-state index contributed by atoms with van der Waals surface area (Å²) < 4.78 is 28.4. The highest BCUT2D eigenvalue weighted by atomic mass is 32.2. The van der Waals surface area contributed by atoms with E-state index in [9.17, 15) is 8.42 Å². The van der Waals surface area contributed by atoms with Crippen LogP contribution in [0.3, 0.4) is 0 Å². The van der Waals surface area contributed by atoms with Crippen LogP contribution < -0.4 is 4.74 Å². The summed E-state index contributed by atoms with van der Waals surface area (Å²) in [4.78, 5) is 0. The molecule has 0 aromatic heterocycles. The molecule has 0 radical (unpaired) electrons. The zero-order valence-electron chi connectivity index (χ0n) is 12.0. The Morgan fingerprint density at radius 2 is 1.80 bits per heavy atom. The fourth-order valence-electron chi connectivity index (χ4n) is 1.35. The summed E-state index contributed by atoms with van der Waals surface area (Å²) in [7, 11) is -3.16.